The number of hydrogen-bond acceptors (Lipinski definition) is 5. The largest absolute Gasteiger partial charge is 0.374 e. The monoisotopic (exact) mass is 386 g/mol. The summed E-state index contributed by atoms with van der Waals surface area (Å²) in [5, 5.41) is 17.6. The van der Waals surface area contributed by atoms with Gasteiger partial charge < -0.3 is 15.4 Å². The van der Waals surface area contributed by atoms with Gasteiger partial charge in [0.1, 0.15) is 0 Å². The predicted molar refractivity (Wildman–Crippen MR) is 103 cm³/mol. The van der Waals surface area contributed by atoms with E-state index in [0.29, 0.717) is 34.9 Å². The highest BCUT2D eigenvalue weighted by molar-refractivity contribution is 7.80. The minimum atomic E-state index is -0.475. The smallest absolute Gasteiger partial charge is 0.271 e. The van der Waals surface area contributed by atoms with E-state index in [-0.39, 0.29) is 11.8 Å². The molecular formula is C16H23ClN4O3S. The second-order valence-electron chi connectivity index (χ2n) is 6.40. The van der Waals surface area contributed by atoms with Crippen LogP contribution in [0.5, 0.6) is 0 Å². The Morgan fingerprint density at radius 1 is 1.56 bits per heavy atom. The van der Waals surface area contributed by atoms with Crippen molar-refractivity contribution in [2.45, 2.75) is 20.0 Å². The Kier molecular flexibility index (Phi) is 7.37. The van der Waals surface area contributed by atoms with Gasteiger partial charge in [0.15, 0.2) is 5.11 Å². The molecular weight excluding hydrogens is 364 g/mol. The van der Waals surface area contributed by atoms with E-state index in [4.69, 9.17) is 28.6 Å². The molecule has 1 aliphatic heterocycles. The van der Waals surface area contributed by atoms with Gasteiger partial charge in [-0.1, -0.05) is 25.4 Å². The summed E-state index contributed by atoms with van der Waals surface area (Å²) in [6, 6.07) is 4.18. The van der Waals surface area contributed by atoms with Crippen molar-refractivity contribution < 1.29 is 9.66 Å². The molecule has 1 aromatic carbocycles. The van der Waals surface area contributed by atoms with Crippen LogP contribution in [0.1, 0.15) is 13.8 Å². The summed E-state index contributed by atoms with van der Waals surface area (Å²) in [5.41, 5.74) is 0.356. The second-order valence-corrected chi connectivity index (χ2v) is 7.22. The number of halogens is 1. The third-order valence-electron chi connectivity index (χ3n) is 3.75. The highest BCUT2D eigenvalue weighted by Gasteiger charge is 2.21. The lowest BCUT2D eigenvalue weighted by Gasteiger charge is -2.34. The number of rotatable bonds is 6. The van der Waals surface area contributed by atoms with Crippen LogP contribution in [0.4, 0.5) is 11.4 Å². The van der Waals surface area contributed by atoms with Gasteiger partial charge in [-0.2, -0.15) is 0 Å². The van der Waals surface area contributed by atoms with Crippen LogP contribution in [0.25, 0.3) is 0 Å². The van der Waals surface area contributed by atoms with E-state index < -0.39 is 4.92 Å². The molecule has 9 heteroatoms. The van der Waals surface area contributed by atoms with Crippen molar-refractivity contribution >= 4 is 40.3 Å². The molecule has 1 fully saturated rings. The first kappa shape index (κ1) is 19.8. The zero-order valence-electron chi connectivity index (χ0n) is 14.3. The van der Waals surface area contributed by atoms with Gasteiger partial charge in [0.2, 0.25) is 0 Å². The van der Waals surface area contributed by atoms with Crippen molar-refractivity contribution in [1.82, 2.24) is 10.2 Å². The number of nitro groups is 1. The average Bonchev–Trinajstić information content (AvgIpc) is 2.54. The maximum Gasteiger partial charge on any atom is 0.271 e. The van der Waals surface area contributed by atoms with Crippen LogP contribution < -0.4 is 10.6 Å². The molecule has 1 aliphatic rings. The van der Waals surface area contributed by atoms with Crippen molar-refractivity contribution in [3.8, 4) is 0 Å². The fraction of sp³-hybridized carbons (Fsp3) is 0.562. The summed E-state index contributed by atoms with van der Waals surface area (Å²) in [5.74, 6) is 0.616. The van der Waals surface area contributed by atoms with Gasteiger partial charge in [-0.05, 0) is 24.2 Å². The van der Waals surface area contributed by atoms with E-state index in [1.165, 1.54) is 18.2 Å². The van der Waals surface area contributed by atoms with Gasteiger partial charge in [0.25, 0.3) is 5.69 Å². The molecule has 138 valence electrons. The van der Waals surface area contributed by atoms with E-state index in [1.807, 2.05) is 0 Å². The van der Waals surface area contributed by atoms with Gasteiger partial charge in [-0.25, -0.2) is 0 Å². The highest BCUT2D eigenvalue weighted by atomic mass is 35.5. The average molecular weight is 387 g/mol. The lowest BCUT2D eigenvalue weighted by molar-refractivity contribution is -0.384. The topological polar surface area (TPSA) is 79.7 Å². The van der Waals surface area contributed by atoms with E-state index in [1.54, 1.807) is 0 Å². The Bertz CT molecular complexity index is 629. The predicted octanol–water partition coefficient (Wildman–Crippen LogP) is 2.89. The Morgan fingerprint density at radius 2 is 2.32 bits per heavy atom. The maximum atomic E-state index is 10.9. The van der Waals surface area contributed by atoms with Crippen molar-refractivity contribution in [1.29, 1.82) is 0 Å². The first-order valence-corrected chi connectivity index (χ1v) is 8.96. The van der Waals surface area contributed by atoms with Crippen LogP contribution in [0, 0.1) is 16.0 Å². The molecule has 0 bridgehead atoms. The highest BCUT2D eigenvalue weighted by Crippen LogP contribution is 2.26. The quantitative estimate of drug-likeness (QED) is 0.442. The first-order chi connectivity index (χ1) is 11.8. The van der Waals surface area contributed by atoms with Gasteiger partial charge in [0.05, 0.1) is 28.3 Å². The molecule has 25 heavy (non-hydrogen) atoms. The number of thiocarbonyl (C=S) groups is 1. The number of anilines is 1. The Morgan fingerprint density at radius 3 is 3.00 bits per heavy atom. The van der Waals surface area contributed by atoms with E-state index in [2.05, 4.69) is 29.4 Å². The van der Waals surface area contributed by atoms with Crippen molar-refractivity contribution in [2.75, 3.05) is 38.1 Å². The molecule has 1 atom stereocenters. The number of benzene rings is 1. The minimum absolute atomic E-state index is 0.0466. The molecule has 0 saturated carbocycles. The molecule has 0 radical (unpaired) electrons. The number of ether oxygens (including phenoxy) is 1. The lowest BCUT2D eigenvalue weighted by atomic mass is 10.2. The molecule has 1 saturated heterocycles. The molecule has 0 aliphatic carbocycles. The number of hydrogen-bond donors (Lipinski definition) is 2. The lowest BCUT2D eigenvalue weighted by Crippen LogP contribution is -2.48. The maximum absolute atomic E-state index is 10.9. The summed E-state index contributed by atoms with van der Waals surface area (Å²) < 4.78 is 5.76. The van der Waals surface area contributed by atoms with Crippen LogP contribution in [0.15, 0.2) is 18.2 Å². The Labute approximate surface area is 157 Å². The van der Waals surface area contributed by atoms with Gasteiger partial charge in [-0.15, -0.1) is 0 Å². The number of non-ortho nitro benzene ring substituents is 1. The Hall–Kier alpha value is -1.48. The van der Waals surface area contributed by atoms with Crippen LogP contribution in [-0.2, 0) is 4.74 Å². The van der Waals surface area contributed by atoms with E-state index >= 15 is 0 Å². The molecule has 1 heterocycles. The fourth-order valence-electron chi connectivity index (χ4n) is 2.68. The van der Waals surface area contributed by atoms with Crippen LogP contribution in [-0.4, -0.2) is 53.8 Å². The van der Waals surface area contributed by atoms with Crippen molar-refractivity contribution in [3.63, 3.8) is 0 Å². The summed E-state index contributed by atoms with van der Waals surface area (Å²) >= 11 is 11.3. The number of nitro benzene ring substituents is 1. The van der Waals surface area contributed by atoms with E-state index in [9.17, 15) is 10.1 Å². The van der Waals surface area contributed by atoms with Crippen LogP contribution >= 0.6 is 23.8 Å². The summed E-state index contributed by atoms with van der Waals surface area (Å²) in [4.78, 5) is 12.8. The molecule has 7 nitrogen and oxygen atoms in total. The SMILES string of the molecule is CC(C)CN1CCO[C@H](CNC(=S)Nc2cc([N+](=O)[O-])ccc2Cl)C1. The van der Waals surface area contributed by atoms with E-state index in [0.717, 1.165) is 19.6 Å². The Balaban J connectivity index is 1.84. The van der Waals surface area contributed by atoms with Crippen molar-refractivity contribution in [3.05, 3.63) is 33.3 Å². The van der Waals surface area contributed by atoms with Gasteiger partial charge in [0, 0.05) is 38.3 Å². The summed E-state index contributed by atoms with van der Waals surface area (Å²) in [6.07, 6.45) is 0.0489. The summed E-state index contributed by atoms with van der Waals surface area (Å²) in [6.45, 7) is 8.51. The molecule has 0 unspecified atom stereocenters. The number of nitrogens with one attached hydrogen (secondary N) is 2. The number of nitrogens with zero attached hydrogens (tertiary/aromatic N) is 2. The third-order valence-corrected chi connectivity index (χ3v) is 4.32. The normalized spacial score (nSPS) is 18.2. The first-order valence-electron chi connectivity index (χ1n) is 8.18. The zero-order valence-corrected chi connectivity index (χ0v) is 15.9. The fourth-order valence-corrected chi connectivity index (χ4v) is 3.04. The molecule has 2 N–H and O–H groups in total. The molecule has 2 rings (SSSR count). The number of morpholine rings is 1. The third kappa shape index (κ3) is 6.39. The van der Waals surface area contributed by atoms with Crippen LogP contribution in [0.3, 0.4) is 0 Å². The van der Waals surface area contributed by atoms with Crippen LogP contribution in [0.2, 0.25) is 5.02 Å². The standard InChI is InChI=1S/C16H23ClN4O3S/c1-11(2)9-20-5-6-24-13(10-20)8-18-16(25)19-15-7-12(21(22)23)3-4-14(15)17/h3-4,7,11,13H,5-6,8-10H2,1-2H3,(H2,18,19,25)/t13-/m1/s1. The molecule has 0 aromatic heterocycles. The molecule has 0 spiro atoms. The molecule has 0 amide bonds. The minimum Gasteiger partial charge on any atom is -0.374 e. The van der Waals surface area contributed by atoms with Gasteiger partial charge >= 0.3 is 0 Å². The second kappa shape index (κ2) is 9.28. The van der Waals surface area contributed by atoms with Gasteiger partial charge in [-0.3, -0.25) is 15.0 Å². The van der Waals surface area contributed by atoms with Crippen molar-refractivity contribution in [2.24, 2.45) is 5.92 Å². The molecule has 1 aromatic rings. The zero-order chi connectivity index (χ0) is 18.4. The summed E-state index contributed by atoms with van der Waals surface area (Å²) in [7, 11) is 0.